The quantitative estimate of drug-likeness (QED) is 0.665. The van der Waals surface area contributed by atoms with Crippen LogP contribution in [0, 0.1) is 0 Å². The first kappa shape index (κ1) is 17.8. The SMILES string of the molecule is COCCOC(=O)Nc1cccc(B2OC(C)(C)C(C)(C)O2)c1. The Hall–Kier alpha value is -1.57. The first-order valence-electron chi connectivity index (χ1n) is 7.63. The highest BCUT2D eigenvalue weighted by atomic mass is 16.7. The summed E-state index contributed by atoms with van der Waals surface area (Å²) in [6.07, 6.45) is -0.520. The Morgan fingerprint density at radius 1 is 1.17 bits per heavy atom. The molecule has 0 unspecified atom stereocenters. The maximum absolute atomic E-state index is 11.7. The molecule has 0 radical (unpaired) electrons. The van der Waals surface area contributed by atoms with E-state index in [-0.39, 0.29) is 6.61 Å². The molecule has 1 aliphatic rings. The summed E-state index contributed by atoms with van der Waals surface area (Å²) in [4.78, 5) is 11.7. The Balaban J connectivity index is 2.02. The number of hydrogen-bond acceptors (Lipinski definition) is 5. The number of ether oxygens (including phenoxy) is 2. The summed E-state index contributed by atoms with van der Waals surface area (Å²) in [5.74, 6) is 0. The summed E-state index contributed by atoms with van der Waals surface area (Å²) in [7, 11) is 1.08. The van der Waals surface area contributed by atoms with Gasteiger partial charge in [0.05, 0.1) is 17.8 Å². The van der Waals surface area contributed by atoms with Crippen LogP contribution in [0.15, 0.2) is 24.3 Å². The molecule has 23 heavy (non-hydrogen) atoms. The van der Waals surface area contributed by atoms with Crippen molar-refractivity contribution in [3.8, 4) is 0 Å². The molecular weight excluding hydrogens is 297 g/mol. The number of hydrogen-bond donors (Lipinski definition) is 1. The summed E-state index contributed by atoms with van der Waals surface area (Å²) >= 11 is 0. The number of carbonyl (C=O) groups excluding carboxylic acids is 1. The van der Waals surface area contributed by atoms with E-state index in [1.54, 1.807) is 13.2 Å². The van der Waals surface area contributed by atoms with Crippen molar-refractivity contribution in [1.82, 2.24) is 0 Å². The molecule has 1 aliphatic heterocycles. The van der Waals surface area contributed by atoms with Crippen molar-refractivity contribution < 1.29 is 23.6 Å². The van der Waals surface area contributed by atoms with Gasteiger partial charge < -0.3 is 18.8 Å². The minimum atomic E-state index is -0.520. The van der Waals surface area contributed by atoms with Crippen molar-refractivity contribution in [2.75, 3.05) is 25.6 Å². The minimum absolute atomic E-state index is 0.208. The van der Waals surface area contributed by atoms with E-state index >= 15 is 0 Å². The Morgan fingerprint density at radius 2 is 1.83 bits per heavy atom. The third kappa shape index (κ3) is 4.25. The minimum Gasteiger partial charge on any atom is -0.447 e. The first-order valence-corrected chi connectivity index (χ1v) is 7.63. The first-order chi connectivity index (χ1) is 10.7. The van der Waals surface area contributed by atoms with E-state index in [0.717, 1.165) is 5.46 Å². The second kappa shape index (κ2) is 6.90. The molecule has 1 N–H and O–H groups in total. The van der Waals surface area contributed by atoms with Crippen LogP contribution in [0.25, 0.3) is 0 Å². The number of rotatable bonds is 5. The Morgan fingerprint density at radius 3 is 2.43 bits per heavy atom. The molecule has 1 amide bonds. The van der Waals surface area contributed by atoms with Crippen molar-refractivity contribution in [2.24, 2.45) is 0 Å². The molecule has 0 spiro atoms. The van der Waals surface area contributed by atoms with Crippen LogP contribution in [0.5, 0.6) is 0 Å². The lowest BCUT2D eigenvalue weighted by Gasteiger charge is -2.32. The molecule has 7 heteroatoms. The molecule has 1 aromatic rings. The molecule has 1 fully saturated rings. The van der Waals surface area contributed by atoms with Gasteiger partial charge in [-0.1, -0.05) is 12.1 Å². The molecule has 0 aliphatic carbocycles. The topological polar surface area (TPSA) is 66.0 Å². The second-order valence-corrected chi connectivity index (χ2v) is 6.47. The van der Waals surface area contributed by atoms with E-state index in [2.05, 4.69) is 5.32 Å². The molecule has 1 aromatic carbocycles. The van der Waals surface area contributed by atoms with Crippen molar-refractivity contribution in [3.63, 3.8) is 0 Å². The van der Waals surface area contributed by atoms with Gasteiger partial charge in [-0.05, 0) is 45.3 Å². The second-order valence-electron chi connectivity index (χ2n) is 6.47. The van der Waals surface area contributed by atoms with Gasteiger partial charge in [-0.3, -0.25) is 5.32 Å². The highest BCUT2D eigenvalue weighted by molar-refractivity contribution is 6.62. The average molecular weight is 321 g/mol. The number of nitrogens with one attached hydrogen (secondary N) is 1. The van der Waals surface area contributed by atoms with Crippen LogP contribution in [0.2, 0.25) is 0 Å². The average Bonchev–Trinajstić information content (AvgIpc) is 2.68. The lowest BCUT2D eigenvalue weighted by molar-refractivity contribution is 0.00578. The van der Waals surface area contributed by atoms with Crippen LogP contribution >= 0.6 is 0 Å². The molecule has 0 aromatic heterocycles. The summed E-state index contributed by atoms with van der Waals surface area (Å²) in [6.45, 7) is 8.58. The smallest absolute Gasteiger partial charge is 0.447 e. The Bertz CT molecular complexity index is 545. The summed E-state index contributed by atoms with van der Waals surface area (Å²) in [6, 6.07) is 7.35. The van der Waals surface area contributed by atoms with E-state index in [1.807, 2.05) is 45.9 Å². The predicted octanol–water partition coefficient (Wildman–Crippen LogP) is 2.18. The maximum atomic E-state index is 11.7. The van der Waals surface area contributed by atoms with Gasteiger partial charge in [-0.15, -0.1) is 0 Å². The molecule has 2 rings (SSSR count). The van der Waals surface area contributed by atoms with Crippen molar-refractivity contribution in [1.29, 1.82) is 0 Å². The molecule has 1 heterocycles. The number of carbonyl (C=O) groups is 1. The zero-order valence-electron chi connectivity index (χ0n) is 14.3. The van der Waals surface area contributed by atoms with E-state index in [0.29, 0.717) is 12.3 Å². The normalized spacial score (nSPS) is 18.7. The fraction of sp³-hybridized carbons (Fsp3) is 0.562. The fourth-order valence-corrected chi connectivity index (χ4v) is 2.11. The summed E-state index contributed by atoms with van der Waals surface area (Å²) in [5.41, 5.74) is 0.665. The lowest BCUT2D eigenvalue weighted by atomic mass is 9.79. The fourth-order valence-electron chi connectivity index (χ4n) is 2.11. The van der Waals surface area contributed by atoms with Crippen LogP contribution < -0.4 is 10.8 Å². The van der Waals surface area contributed by atoms with Gasteiger partial charge in [0.25, 0.3) is 0 Å². The Labute approximate surface area is 137 Å². The summed E-state index contributed by atoms with van der Waals surface area (Å²) < 4.78 is 21.8. The van der Waals surface area contributed by atoms with Crippen LogP contribution in [-0.2, 0) is 18.8 Å². The van der Waals surface area contributed by atoms with Gasteiger partial charge in [0, 0.05) is 12.8 Å². The highest BCUT2D eigenvalue weighted by Crippen LogP contribution is 2.36. The zero-order valence-corrected chi connectivity index (χ0v) is 14.3. The largest absolute Gasteiger partial charge is 0.494 e. The van der Waals surface area contributed by atoms with E-state index in [4.69, 9.17) is 18.8 Å². The van der Waals surface area contributed by atoms with Gasteiger partial charge in [-0.2, -0.15) is 0 Å². The molecule has 0 atom stereocenters. The Kier molecular flexibility index (Phi) is 5.34. The third-order valence-electron chi connectivity index (χ3n) is 4.18. The molecule has 0 saturated carbocycles. The molecule has 6 nitrogen and oxygen atoms in total. The lowest BCUT2D eigenvalue weighted by Crippen LogP contribution is -2.41. The number of anilines is 1. The van der Waals surface area contributed by atoms with Gasteiger partial charge in [0.15, 0.2) is 0 Å². The third-order valence-corrected chi connectivity index (χ3v) is 4.18. The van der Waals surface area contributed by atoms with Crippen molar-refractivity contribution in [3.05, 3.63) is 24.3 Å². The van der Waals surface area contributed by atoms with E-state index in [1.165, 1.54) is 0 Å². The number of benzene rings is 1. The van der Waals surface area contributed by atoms with Gasteiger partial charge >= 0.3 is 13.2 Å². The molecule has 0 bridgehead atoms. The molecule has 126 valence electrons. The van der Waals surface area contributed by atoms with Crippen molar-refractivity contribution >= 4 is 24.4 Å². The highest BCUT2D eigenvalue weighted by Gasteiger charge is 2.51. The van der Waals surface area contributed by atoms with Crippen LogP contribution in [-0.4, -0.2) is 44.7 Å². The van der Waals surface area contributed by atoms with Crippen LogP contribution in [0.4, 0.5) is 10.5 Å². The van der Waals surface area contributed by atoms with Gasteiger partial charge in [-0.25, -0.2) is 4.79 Å². The van der Waals surface area contributed by atoms with Gasteiger partial charge in [0.1, 0.15) is 6.61 Å². The molecular formula is C16H24BNO5. The zero-order chi connectivity index (χ0) is 17.1. The predicted molar refractivity (Wildman–Crippen MR) is 89.0 cm³/mol. The van der Waals surface area contributed by atoms with Crippen molar-refractivity contribution in [2.45, 2.75) is 38.9 Å². The maximum Gasteiger partial charge on any atom is 0.494 e. The van der Waals surface area contributed by atoms with Crippen LogP contribution in [0.3, 0.4) is 0 Å². The van der Waals surface area contributed by atoms with Crippen LogP contribution in [0.1, 0.15) is 27.7 Å². The number of amides is 1. The molecule has 1 saturated heterocycles. The standard InChI is InChI=1S/C16H24BNO5/c1-15(2)16(3,4)23-17(22-15)12-7-6-8-13(11-12)18-14(19)21-10-9-20-5/h6-8,11H,9-10H2,1-5H3,(H,18,19). The number of methoxy groups -OCH3 is 1. The monoisotopic (exact) mass is 321 g/mol. The summed E-state index contributed by atoms with van der Waals surface area (Å²) in [5, 5.41) is 2.68. The van der Waals surface area contributed by atoms with E-state index < -0.39 is 24.4 Å². The van der Waals surface area contributed by atoms with Gasteiger partial charge in [0.2, 0.25) is 0 Å². The van der Waals surface area contributed by atoms with E-state index in [9.17, 15) is 4.79 Å².